The van der Waals surface area contributed by atoms with Crippen LogP contribution in [0.5, 0.6) is 0 Å². The molecule has 0 radical (unpaired) electrons. The zero-order valence-electron chi connectivity index (χ0n) is 10.9. The minimum absolute atomic E-state index is 0.370. The van der Waals surface area contributed by atoms with Gasteiger partial charge in [-0.15, -0.1) is 0 Å². The van der Waals surface area contributed by atoms with E-state index in [1.165, 1.54) is 0 Å². The summed E-state index contributed by atoms with van der Waals surface area (Å²) in [6, 6.07) is 0. The SMILES string of the molecule is COCCNCc1cnc(C2CCCOC2)nc1. The average Bonchev–Trinajstić information content (AvgIpc) is 2.45. The van der Waals surface area contributed by atoms with Gasteiger partial charge in [0.25, 0.3) is 0 Å². The van der Waals surface area contributed by atoms with Crippen LogP contribution in [0.1, 0.15) is 30.1 Å². The Morgan fingerprint density at radius 2 is 2.28 bits per heavy atom. The van der Waals surface area contributed by atoms with Crippen molar-refractivity contribution in [2.75, 3.05) is 33.5 Å². The number of nitrogens with zero attached hydrogens (tertiary/aromatic N) is 2. The highest BCUT2D eigenvalue weighted by atomic mass is 16.5. The van der Waals surface area contributed by atoms with Gasteiger partial charge in [0.05, 0.1) is 13.2 Å². The maximum Gasteiger partial charge on any atom is 0.133 e. The number of methoxy groups -OCH3 is 1. The number of aromatic nitrogens is 2. The van der Waals surface area contributed by atoms with Gasteiger partial charge in [-0.25, -0.2) is 9.97 Å². The van der Waals surface area contributed by atoms with Crippen molar-refractivity contribution in [1.82, 2.24) is 15.3 Å². The zero-order valence-corrected chi connectivity index (χ0v) is 10.9. The standard InChI is InChI=1S/C13H21N3O2/c1-17-6-4-14-7-11-8-15-13(16-9-11)12-3-2-5-18-10-12/h8-9,12,14H,2-7,10H2,1H3. The highest BCUT2D eigenvalue weighted by Gasteiger charge is 2.18. The van der Waals surface area contributed by atoms with Crippen LogP contribution >= 0.6 is 0 Å². The molecule has 1 aliphatic rings. The summed E-state index contributed by atoms with van der Waals surface area (Å²) < 4.78 is 10.4. The predicted molar refractivity (Wildman–Crippen MR) is 68.4 cm³/mol. The molecule has 5 heteroatoms. The summed E-state index contributed by atoms with van der Waals surface area (Å²) in [6.07, 6.45) is 6.03. The third kappa shape index (κ3) is 4.01. The fourth-order valence-corrected chi connectivity index (χ4v) is 2.02. The maximum atomic E-state index is 5.45. The molecule has 0 aliphatic carbocycles. The van der Waals surface area contributed by atoms with Crippen molar-refractivity contribution >= 4 is 0 Å². The van der Waals surface area contributed by atoms with E-state index < -0.39 is 0 Å². The van der Waals surface area contributed by atoms with Gasteiger partial charge >= 0.3 is 0 Å². The predicted octanol–water partition coefficient (Wildman–Crippen LogP) is 1.11. The molecule has 0 saturated carbocycles. The normalized spacial score (nSPS) is 19.9. The molecule has 5 nitrogen and oxygen atoms in total. The summed E-state index contributed by atoms with van der Waals surface area (Å²) >= 11 is 0. The molecule has 0 amide bonds. The molecule has 18 heavy (non-hydrogen) atoms. The van der Waals surface area contributed by atoms with Crippen molar-refractivity contribution in [1.29, 1.82) is 0 Å². The summed E-state index contributed by atoms with van der Waals surface area (Å²) in [4.78, 5) is 8.88. The van der Waals surface area contributed by atoms with E-state index in [9.17, 15) is 0 Å². The largest absolute Gasteiger partial charge is 0.383 e. The number of hydrogen-bond acceptors (Lipinski definition) is 5. The molecule has 2 heterocycles. The molecule has 100 valence electrons. The third-order valence-electron chi connectivity index (χ3n) is 3.06. The lowest BCUT2D eigenvalue weighted by Crippen LogP contribution is -2.20. The highest BCUT2D eigenvalue weighted by molar-refractivity contribution is 5.07. The van der Waals surface area contributed by atoms with E-state index in [0.717, 1.165) is 57.1 Å². The molecule has 0 aromatic carbocycles. The van der Waals surface area contributed by atoms with Crippen LogP contribution in [0.15, 0.2) is 12.4 Å². The Morgan fingerprint density at radius 1 is 1.44 bits per heavy atom. The Hall–Kier alpha value is -1.04. The smallest absolute Gasteiger partial charge is 0.133 e. The Kier molecular flexibility index (Phi) is 5.51. The van der Waals surface area contributed by atoms with E-state index in [0.29, 0.717) is 5.92 Å². The van der Waals surface area contributed by atoms with Crippen LogP contribution in [0.4, 0.5) is 0 Å². The molecular formula is C13H21N3O2. The quantitative estimate of drug-likeness (QED) is 0.767. The monoisotopic (exact) mass is 251 g/mol. The van der Waals surface area contributed by atoms with Gasteiger partial charge in [-0.3, -0.25) is 0 Å². The van der Waals surface area contributed by atoms with E-state index >= 15 is 0 Å². The molecular weight excluding hydrogens is 230 g/mol. The first-order chi connectivity index (χ1) is 8.90. The Morgan fingerprint density at radius 3 is 2.94 bits per heavy atom. The van der Waals surface area contributed by atoms with Crippen LogP contribution in [0.2, 0.25) is 0 Å². The molecule has 0 bridgehead atoms. The lowest BCUT2D eigenvalue weighted by molar-refractivity contribution is 0.0780. The van der Waals surface area contributed by atoms with Crippen LogP contribution in [0, 0.1) is 0 Å². The molecule has 1 unspecified atom stereocenters. The van der Waals surface area contributed by atoms with Crippen molar-refractivity contribution < 1.29 is 9.47 Å². The molecule has 0 spiro atoms. The maximum absolute atomic E-state index is 5.45. The topological polar surface area (TPSA) is 56.3 Å². The second-order valence-electron chi connectivity index (χ2n) is 4.53. The summed E-state index contributed by atoms with van der Waals surface area (Å²) in [5, 5.41) is 3.27. The highest BCUT2D eigenvalue weighted by Crippen LogP contribution is 2.21. The first-order valence-electron chi connectivity index (χ1n) is 6.48. The van der Waals surface area contributed by atoms with Gasteiger partial charge in [0.15, 0.2) is 0 Å². The molecule has 1 atom stereocenters. The average molecular weight is 251 g/mol. The van der Waals surface area contributed by atoms with E-state index in [1.54, 1.807) is 7.11 Å². The second-order valence-corrected chi connectivity index (χ2v) is 4.53. The number of hydrogen-bond donors (Lipinski definition) is 1. The number of nitrogens with one attached hydrogen (secondary N) is 1. The van der Waals surface area contributed by atoms with E-state index in [4.69, 9.17) is 9.47 Å². The Bertz CT molecular complexity index is 337. The van der Waals surface area contributed by atoms with E-state index in [-0.39, 0.29) is 0 Å². The Balaban J connectivity index is 1.81. The fraction of sp³-hybridized carbons (Fsp3) is 0.692. The summed E-state index contributed by atoms with van der Waals surface area (Å²) in [6.45, 7) is 3.97. The zero-order chi connectivity index (χ0) is 12.6. The molecule has 1 N–H and O–H groups in total. The van der Waals surface area contributed by atoms with Crippen molar-refractivity contribution in [2.24, 2.45) is 0 Å². The lowest BCUT2D eigenvalue weighted by Gasteiger charge is -2.20. The number of rotatable bonds is 6. The minimum Gasteiger partial charge on any atom is -0.383 e. The first-order valence-corrected chi connectivity index (χ1v) is 6.48. The van der Waals surface area contributed by atoms with Gasteiger partial charge in [0, 0.05) is 50.7 Å². The second kappa shape index (κ2) is 7.41. The fourth-order valence-electron chi connectivity index (χ4n) is 2.02. The van der Waals surface area contributed by atoms with Crippen molar-refractivity contribution in [3.05, 3.63) is 23.8 Å². The summed E-state index contributed by atoms with van der Waals surface area (Å²) in [7, 11) is 1.70. The van der Waals surface area contributed by atoms with Crippen LogP contribution < -0.4 is 5.32 Å². The molecule has 2 rings (SSSR count). The molecule has 1 fully saturated rings. The van der Waals surface area contributed by atoms with Crippen LogP contribution in [-0.4, -0.2) is 43.4 Å². The lowest BCUT2D eigenvalue weighted by atomic mass is 10.0. The third-order valence-corrected chi connectivity index (χ3v) is 3.06. The molecule has 1 aliphatic heterocycles. The van der Waals surface area contributed by atoms with Gasteiger partial charge in [-0.05, 0) is 12.8 Å². The van der Waals surface area contributed by atoms with Crippen molar-refractivity contribution in [2.45, 2.75) is 25.3 Å². The van der Waals surface area contributed by atoms with Crippen LogP contribution in [0.25, 0.3) is 0 Å². The molecule has 1 aromatic rings. The first kappa shape index (κ1) is 13.4. The molecule has 1 saturated heterocycles. The van der Waals surface area contributed by atoms with Crippen molar-refractivity contribution in [3.8, 4) is 0 Å². The minimum atomic E-state index is 0.370. The molecule has 1 aromatic heterocycles. The van der Waals surface area contributed by atoms with Gasteiger partial charge in [-0.2, -0.15) is 0 Å². The van der Waals surface area contributed by atoms with Crippen LogP contribution in [0.3, 0.4) is 0 Å². The Labute approximate surface area is 108 Å². The van der Waals surface area contributed by atoms with Gasteiger partial charge in [0.2, 0.25) is 0 Å². The van der Waals surface area contributed by atoms with E-state index in [1.807, 2.05) is 12.4 Å². The van der Waals surface area contributed by atoms with Gasteiger partial charge in [-0.1, -0.05) is 0 Å². The summed E-state index contributed by atoms with van der Waals surface area (Å²) in [5.74, 6) is 1.28. The van der Waals surface area contributed by atoms with Gasteiger partial charge < -0.3 is 14.8 Å². The van der Waals surface area contributed by atoms with Crippen LogP contribution in [-0.2, 0) is 16.0 Å². The van der Waals surface area contributed by atoms with Crippen molar-refractivity contribution in [3.63, 3.8) is 0 Å². The van der Waals surface area contributed by atoms with E-state index in [2.05, 4.69) is 15.3 Å². The van der Waals surface area contributed by atoms with Gasteiger partial charge in [0.1, 0.15) is 5.82 Å². The number of ether oxygens (including phenoxy) is 2. The summed E-state index contributed by atoms with van der Waals surface area (Å²) in [5.41, 5.74) is 1.10.